The second-order valence-corrected chi connectivity index (χ2v) is 9.34. The lowest BCUT2D eigenvalue weighted by Crippen LogP contribution is -2.06. The van der Waals surface area contributed by atoms with Crippen LogP contribution in [0.5, 0.6) is 0 Å². The first kappa shape index (κ1) is 21.1. The van der Waals surface area contributed by atoms with E-state index in [0.717, 1.165) is 19.3 Å². The number of benzene rings is 3. The van der Waals surface area contributed by atoms with Crippen LogP contribution in [0.4, 0.5) is 0 Å². The minimum atomic E-state index is 0.284. The molecule has 0 aromatic heterocycles. The van der Waals surface area contributed by atoms with E-state index in [-0.39, 0.29) is 5.41 Å². The van der Waals surface area contributed by atoms with Crippen molar-refractivity contribution in [2.45, 2.75) is 40.0 Å². The molecule has 6 rings (SSSR count). The van der Waals surface area contributed by atoms with E-state index < -0.39 is 0 Å². The first-order valence-electron chi connectivity index (χ1n) is 11.3. The summed E-state index contributed by atoms with van der Waals surface area (Å²) in [6, 6.07) is 25.7. The van der Waals surface area contributed by atoms with Gasteiger partial charge in [-0.3, -0.25) is 0 Å². The zero-order valence-electron chi connectivity index (χ0n) is 18.9. The van der Waals surface area contributed by atoms with E-state index in [9.17, 15) is 0 Å². The van der Waals surface area contributed by atoms with Gasteiger partial charge >= 0.3 is 0 Å². The van der Waals surface area contributed by atoms with Crippen LogP contribution in [0.25, 0.3) is 17.7 Å². The Morgan fingerprint density at radius 1 is 0.548 bits per heavy atom. The summed E-state index contributed by atoms with van der Waals surface area (Å²) in [5.74, 6) is 0. The van der Waals surface area contributed by atoms with Gasteiger partial charge in [0.25, 0.3) is 0 Å². The molecule has 31 heavy (non-hydrogen) atoms. The fourth-order valence-corrected chi connectivity index (χ4v) is 4.38. The highest BCUT2D eigenvalue weighted by molar-refractivity contribution is 5.76. The number of hydrogen-bond acceptors (Lipinski definition) is 0. The third-order valence-corrected chi connectivity index (χ3v) is 6.02. The molecule has 0 aliphatic heterocycles. The molecule has 0 heteroatoms. The Bertz CT molecular complexity index is 1080. The highest BCUT2D eigenvalue weighted by Gasteiger charge is 2.23. The van der Waals surface area contributed by atoms with Crippen molar-refractivity contribution in [3.63, 3.8) is 0 Å². The van der Waals surface area contributed by atoms with Crippen molar-refractivity contribution in [3.05, 3.63) is 124 Å². The maximum absolute atomic E-state index is 2.37. The SMILES string of the molecule is C1=Cc2ccccc2C1.C1=Cc2ccccc2C1.CC(C)(C)C1=CCc2ccccc21. The number of fused-ring (bicyclic) bond motifs is 3. The molecular formula is C31H32. The van der Waals surface area contributed by atoms with E-state index in [2.05, 4.69) is 124 Å². The van der Waals surface area contributed by atoms with Gasteiger partial charge in [0.2, 0.25) is 0 Å². The quantitative estimate of drug-likeness (QED) is 0.354. The molecule has 156 valence electrons. The van der Waals surface area contributed by atoms with Gasteiger partial charge in [-0.15, -0.1) is 0 Å². The molecule has 3 aliphatic rings. The lowest BCUT2D eigenvalue weighted by atomic mass is 9.83. The molecule has 3 aromatic rings. The van der Waals surface area contributed by atoms with Crippen molar-refractivity contribution >= 4 is 17.7 Å². The fraction of sp³-hybridized carbons (Fsp3) is 0.226. The van der Waals surface area contributed by atoms with Gasteiger partial charge in [0.15, 0.2) is 0 Å². The molecule has 0 spiro atoms. The highest BCUT2D eigenvalue weighted by Crippen LogP contribution is 2.39. The molecule has 0 unspecified atom stereocenters. The number of hydrogen-bond donors (Lipinski definition) is 0. The molecule has 3 aromatic carbocycles. The van der Waals surface area contributed by atoms with Crippen LogP contribution in [0.1, 0.15) is 54.2 Å². The van der Waals surface area contributed by atoms with E-state index >= 15 is 0 Å². The van der Waals surface area contributed by atoms with Gasteiger partial charge in [0.05, 0.1) is 0 Å². The molecule has 0 bridgehead atoms. The zero-order chi connectivity index (χ0) is 21.7. The number of allylic oxidation sites excluding steroid dienone is 4. The monoisotopic (exact) mass is 404 g/mol. The molecule has 0 N–H and O–H groups in total. The summed E-state index contributed by atoms with van der Waals surface area (Å²) in [7, 11) is 0. The van der Waals surface area contributed by atoms with Crippen molar-refractivity contribution in [1.29, 1.82) is 0 Å². The Morgan fingerprint density at radius 3 is 1.55 bits per heavy atom. The maximum atomic E-state index is 2.37. The first-order chi connectivity index (χ1) is 15.0. The topological polar surface area (TPSA) is 0 Å². The van der Waals surface area contributed by atoms with E-state index in [1.165, 1.54) is 39.0 Å². The number of rotatable bonds is 0. The summed E-state index contributed by atoms with van der Waals surface area (Å²) in [5.41, 5.74) is 10.4. The second kappa shape index (κ2) is 9.35. The van der Waals surface area contributed by atoms with Gasteiger partial charge in [0, 0.05) is 0 Å². The van der Waals surface area contributed by atoms with E-state index in [0.29, 0.717) is 0 Å². The molecule has 0 saturated carbocycles. The maximum Gasteiger partial charge on any atom is -0.00852 e. The van der Waals surface area contributed by atoms with Crippen LogP contribution in [-0.2, 0) is 19.3 Å². The lowest BCUT2D eigenvalue weighted by Gasteiger charge is -2.21. The Kier molecular flexibility index (Phi) is 6.37. The largest absolute Gasteiger partial charge is 0.0795 e. The second-order valence-electron chi connectivity index (χ2n) is 9.34. The average Bonchev–Trinajstić information content (AvgIpc) is 3.52. The summed E-state index contributed by atoms with van der Waals surface area (Å²) >= 11 is 0. The van der Waals surface area contributed by atoms with E-state index in [4.69, 9.17) is 0 Å². The van der Waals surface area contributed by atoms with Crippen LogP contribution < -0.4 is 0 Å². The summed E-state index contributed by atoms with van der Waals surface area (Å²) in [6.07, 6.45) is 14.5. The van der Waals surface area contributed by atoms with Crippen molar-refractivity contribution in [1.82, 2.24) is 0 Å². The minimum absolute atomic E-state index is 0.284. The predicted molar refractivity (Wildman–Crippen MR) is 136 cm³/mol. The average molecular weight is 405 g/mol. The molecule has 0 nitrogen and oxygen atoms in total. The van der Waals surface area contributed by atoms with Crippen LogP contribution in [0.2, 0.25) is 0 Å². The Morgan fingerprint density at radius 2 is 1.03 bits per heavy atom. The normalized spacial score (nSPS) is 14.5. The zero-order valence-corrected chi connectivity index (χ0v) is 18.9. The van der Waals surface area contributed by atoms with Gasteiger partial charge in [0.1, 0.15) is 0 Å². The smallest absolute Gasteiger partial charge is 0.00852 e. The molecular weight excluding hydrogens is 372 g/mol. The van der Waals surface area contributed by atoms with Crippen LogP contribution in [0, 0.1) is 5.41 Å². The summed E-state index contributed by atoms with van der Waals surface area (Å²) in [6.45, 7) is 6.84. The highest BCUT2D eigenvalue weighted by atomic mass is 14.3. The van der Waals surface area contributed by atoms with Crippen LogP contribution in [0.3, 0.4) is 0 Å². The molecule has 0 heterocycles. The first-order valence-corrected chi connectivity index (χ1v) is 11.3. The summed E-state index contributed by atoms with van der Waals surface area (Å²) in [5, 5.41) is 0. The predicted octanol–water partition coefficient (Wildman–Crippen LogP) is 8.18. The Balaban J connectivity index is 0.000000115. The van der Waals surface area contributed by atoms with Crippen molar-refractivity contribution in [3.8, 4) is 0 Å². The molecule has 0 radical (unpaired) electrons. The van der Waals surface area contributed by atoms with Gasteiger partial charge < -0.3 is 0 Å². The molecule has 0 saturated heterocycles. The van der Waals surface area contributed by atoms with Crippen molar-refractivity contribution in [2.75, 3.05) is 0 Å². The lowest BCUT2D eigenvalue weighted by molar-refractivity contribution is 0.567. The van der Waals surface area contributed by atoms with Gasteiger partial charge in [-0.1, -0.05) is 124 Å². The fourth-order valence-electron chi connectivity index (χ4n) is 4.38. The van der Waals surface area contributed by atoms with Crippen molar-refractivity contribution < 1.29 is 0 Å². The van der Waals surface area contributed by atoms with E-state index in [1.807, 2.05) is 0 Å². The van der Waals surface area contributed by atoms with Gasteiger partial charge in [-0.2, -0.15) is 0 Å². The Hall–Kier alpha value is -3.12. The molecule has 0 amide bonds. The van der Waals surface area contributed by atoms with Gasteiger partial charge in [-0.05, 0) is 63.6 Å². The summed E-state index contributed by atoms with van der Waals surface area (Å²) < 4.78 is 0. The molecule has 0 fully saturated rings. The van der Waals surface area contributed by atoms with Gasteiger partial charge in [-0.25, -0.2) is 0 Å². The van der Waals surface area contributed by atoms with Crippen LogP contribution in [0.15, 0.2) is 91.0 Å². The van der Waals surface area contributed by atoms with Crippen molar-refractivity contribution in [2.24, 2.45) is 5.41 Å². The van der Waals surface area contributed by atoms with E-state index in [1.54, 1.807) is 0 Å². The van der Waals surface area contributed by atoms with Crippen LogP contribution >= 0.6 is 0 Å². The summed E-state index contributed by atoms with van der Waals surface area (Å²) in [4.78, 5) is 0. The minimum Gasteiger partial charge on any atom is -0.0795 e. The standard InChI is InChI=1S/C13H16.2C9H8/c1-13(2,3)12-9-8-10-6-4-5-7-11(10)12;2*1-2-5-9-7-3-6-8(9)4-1/h4-7,9H,8H2,1-3H3;2*1-6H,7H2. The van der Waals surface area contributed by atoms with Crippen LogP contribution in [-0.4, -0.2) is 0 Å². The molecule has 0 atom stereocenters. The third-order valence-electron chi connectivity index (χ3n) is 6.02. The molecule has 3 aliphatic carbocycles. The third kappa shape index (κ3) is 5.14. The Labute approximate surface area is 187 Å².